The molecular weight excluding hydrogens is 226 g/mol. The molecule has 1 aromatic rings. The van der Waals surface area contributed by atoms with Crippen molar-refractivity contribution < 1.29 is 17.9 Å². The van der Waals surface area contributed by atoms with Crippen LogP contribution in [-0.4, -0.2) is 28.5 Å². The van der Waals surface area contributed by atoms with Crippen LogP contribution in [0.5, 0.6) is 0 Å². The van der Waals surface area contributed by atoms with Crippen molar-refractivity contribution in [1.82, 2.24) is 4.72 Å². The molecule has 0 saturated heterocycles. The van der Waals surface area contributed by atoms with E-state index in [1.54, 1.807) is 0 Å². The van der Waals surface area contributed by atoms with Gasteiger partial charge in [0.15, 0.2) is 0 Å². The smallest absolute Gasteiger partial charge is 0.340 e. The van der Waals surface area contributed by atoms with Crippen LogP contribution in [0.15, 0.2) is 15.7 Å². The van der Waals surface area contributed by atoms with Gasteiger partial charge in [0.2, 0.25) is 0 Å². The fraction of sp³-hybridized carbons (Fsp3) is 0.286. The average Bonchev–Trinajstić information content (AvgIpc) is 2.65. The fourth-order valence-corrected chi connectivity index (χ4v) is 3.01. The first-order chi connectivity index (χ1) is 6.53. The second-order valence-electron chi connectivity index (χ2n) is 2.32. The van der Waals surface area contributed by atoms with Gasteiger partial charge in [-0.2, -0.15) is 0 Å². The van der Waals surface area contributed by atoms with E-state index in [0.29, 0.717) is 0 Å². The quantitative estimate of drug-likeness (QED) is 0.772. The Labute approximate surface area is 85.8 Å². The molecule has 0 radical (unpaired) electrons. The molecule has 14 heavy (non-hydrogen) atoms. The summed E-state index contributed by atoms with van der Waals surface area (Å²) in [4.78, 5) is 11.2. The van der Waals surface area contributed by atoms with Crippen molar-refractivity contribution in [3.05, 3.63) is 17.0 Å². The second-order valence-corrected chi connectivity index (χ2v) is 5.32. The van der Waals surface area contributed by atoms with Crippen molar-refractivity contribution in [2.75, 3.05) is 14.2 Å². The molecule has 5 nitrogen and oxygen atoms in total. The van der Waals surface area contributed by atoms with Gasteiger partial charge in [-0.25, -0.2) is 17.9 Å². The molecule has 0 spiro atoms. The Kier molecular flexibility index (Phi) is 3.25. The molecule has 7 heteroatoms. The van der Waals surface area contributed by atoms with Gasteiger partial charge in [-0.05, 0) is 18.5 Å². The number of ether oxygens (including phenoxy) is 1. The van der Waals surface area contributed by atoms with Gasteiger partial charge in [-0.15, -0.1) is 11.3 Å². The molecule has 1 N–H and O–H groups in total. The minimum Gasteiger partial charge on any atom is -0.465 e. The lowest BCUT2D eigenvalue weighted by atomic mass is 10.3. The van der Waals surface area contributed by atoms with Crippen LogP contribution >= 0.6 is 11.3 Å². The standard InChI is InChI=1S/C7H9NO4S2/c1-8-14(10,11)7-5(3-4-13-7)6(9)12-2/h3-4,8H,1-2H3. The fourth-order valence-electron chi connectivity index (χ4n) is 0.858. The van der Waals surface area contributed by atoms with E-state index in [1.807, 2.05) is 0 Å². The summed E-state index contributed by atoms with van der Waals surface area (Å²) >= 11 is 0.973. The number of hydrogen-bond donors (Lipinski definition) is 1. The minimum atomic E-state index is -3.57. The molecule has 0 unspecified atom stereocenters. The Bertz CT molecular complexity index is 434. The zero-order valence-electron chi connectivity index (χ0n) is 7.60. The maximum atomic E-state index is 11.4. The van der Waals surface area contributed by atoms with Gasteiger partial charge in [0, 0.05) is 0 Å². The summed E-state index contributed by atoms with van der Waals surface area (Å²) in [5, 5.41) is 1.52. The van der Waals surface area contributed by atoms with Crippen molar-refractivity contribution >= 4 is 27.3 Å². The zero-order valence-corrected chi connectivity index (χ0v) is 9.24. The Hall–Kier alpha value is -0.920. The summed E-state index contributed by atoms with van der Waals surface area (Å²) in [6.45, 7) is 0. The second kappa shape index (κ2) is 4.07. The van der Waals surface area contributed by atoms with Crippen LogP contribution in [0.1, 0.15) is 10.4 Å². The molecular formula is C7H9NO4S2. The van der Waals surface area contributed by atoms with Crippen LogP contribution < -0.4 is 4.72 Å². The maximum absolute atomic E-state index is 11.4. The van der Waals surface area contributed by atoms with Gasteiger partial charge < -0.3 is 4.74 Å². The lowest BCUT2D eigenvalue weighted by Gasteiger charge is -2.01. The number of hydrogen-bond acceptors (Lipinski definition) is 5. The van der Waals surface area contributed by atoms with E-state index in [0.717, 1.165) is 11.3 Å². The Morgan fingerprint density at radius 2 is 2.21 bits per heavy atom. The van der Waals surface area contributed by atoms with Crippen molar-refractivity contribution in [2.45, 2.75) is 4.21 Å². The van der Waals surface area contributed by atoms with E-state index in [-0.39, 0.29) is 9.77 Å². The summed E-state index contributed by atoms with van der Waals surface area (Å²) in [6, 6.07) is 1.42. The Morgan fingerprint density at radius 3 is 2.71 bits per heavy atom. The van der Waals surface area contributed by atoms with Gasteiger partial charge in [0.05, 0.1) is 12.7 Å². The third-order valence-corrected chi connectivity index (χ3v) is 4.45. The molecule has 1 rings (SSSR count). The summed E-state index contributed by atoms with van der Waals surface area (Å²) in [6.07, 6.45) is 0. The minimum absolute atomic E-state index is 0.0214. The molecule has 0 fully saturated rings. The molecule has 0 atom stereocenters. The number of methoxy groups -OCH3 is 1. The lowest BCUT2D eigenvalue weighted by molar-refractivity contribution is 0.0597. The van der Waals surface area contributed by atoms with Crippen LogP contribution in [-0.2, 0) is 14.8 Å². The van der Waals surface area contributed by atoms with E-state index >= 15 is 0 Å². The van der Waals surface area contributed by atoms with E-state index in [1.165, 1.54) is 25.6 Å². The van der Waals surface area contributed by atoms with Gasteiger partial charge in [0.25, 0.3) is 10.0 Å². The molecule has 1 heterocycles. The molecule has 0 aromatic carbocycles. The summed E-state index contributed by atoms with van der Waals surface area (Å²) in [7, 11) is -1.08. The van der Waals surface area contributed by atoms with Crippen LogP contribution in [0, 0.1) is 0 Å². The number of carbonyl (C=O) groups is 1. The van der Waals surface area contributed by atoms with Crippen molar-refractivity contribution in [2.24, 2.45) is 0 Å². The number of rotatable bonds is 3. The summed E-state index contributed by atoms with van der Waals surface area (Å²) in [5.74, 6) is -0.653. The lowest BCUT2D eigenvalue weighted by Crippen LogP contribution is -2.20. The molecule has 0 aliphatic heterocycles. The Balaban J connectivity index is 3.25. The number of esters is 1. The number of nitrogens with one attached hydrogen (secondary N) is 1. The van der Waals surface area contributed by atoms with Gasteiger partial charge in [-0.1, -0.05) is 0 Å². The van der Waals surface area contributed by atoms with Gasteiger partial charge >= 0.3 is 5.97 Å². The molecule has 0 saturated carbocycles. The molecule has 78 valence electrons. The summed E-state index contributed by atoms with van der Waals surface area (Å²) in [5.41, 5.74) is 0.0619. The third-order valence-electron chi connectivity index (χ3n) is 1.55. The van der Waals surface area contributed by atoms with E-state index < -0.39 is 16.0 Å². The zero-order chi connectivity index (χ0) is 10.8. The topological polar surface area (TPSA) is 72.5 Å². The molecule has 0 bridgehead atoms. The highest BCUT2D eigenvalue weighted by Gasteiger charge is 2.22. The number of sulfonamides is 1. The van der Waals surface area contributed by atoms with E-state index in [2.05, 4.69) is 9.46 Å². The average molecular weight is 235 g/mol. The first kappa shape index (κ1) is 11.2. The Morgan fingerprint density at radius 1 is 1.57 bits per heavy atom. The molecule has 0 amide bonds. The van der Waals surface area contributed by atoms with E-state index in [4.69, 9.17) is 0 Å². The van der Waals surface area contributed by atoms with Crippen LogP contribution in [0.25, 0.3) is 0 Å². The number of carbonyl (C=O) groups excluding carboxylic acids is 1. The van der Waals surface area contributed by atoms with Crippen molar-refractivity contribution in [3.8, 4) is 0 Å². The molecule has 0 aliphatic rings. The van der Waals surface area contributed by atoms with Crippen molar-refractivity contribution in [3.63, 3.8) is 0 Å². The highest BCUT2D eigenvalue weighted by Crippen LogP contribution is 2.22. The van der Waals surface area contributed by atoms with Gasteiger partial charge in [0.1, 0.15) is 4.21 Å². The monoisotopic (exact) mass is 235 g/mol. The predicted octanol–water partition coefficient (Wildman–Crippen LogP) is 0.443. The predicted molar refractivity (Wildman–Crippen MR) is 51.9 cm³/mol. The molecule has 1 aromatic heterocycles. The van der Waals surface area contributed by atoms with Gasteiger partial charge in [-0.3, -0.25) is 0 Å². The third kappa shape index (κ3) is 1.94. The first-order valence-corrected chi connectivity index (χ1v) is 5.98. The van der Waals surface area contributed by atoms with E-state index in [9.17, 15) is 13.2 Å². The normalized spacial score (nSPS) is 11.3. The SMILES string of the molecule is CNS(=O)(=O)c1sccc1C(=O)OC. The van der Waals surface area contributed by atoms with Crippen LogP contribution in [0.2, 0.25) is 0 Å². The van der Waals surface area contributed by atoms with Crippen LogP contribution in [0.3, 0.4) is 0 Å². The molecule has 0 aliphatic carbocycles. The first-order valence-electron chi connectivity index (χ1n) is 3.62. The maximum Gasteiger partial charge on any atom is 0.340 e. The summed E-state index contributed by atoms with van der Waals surface area (Å²) < 4.78 is 29.4. The largest absolute Gasteiger partial charge is 0.465 e. The highest BCUT2D eigenvalue weighted by molar-refractivity contribution is 7.91. The highest BCUT2D eigenvalue weighted by atomic mass is 32.2. The van der Waals surface area contributed by atoms with Crippen molar-refractivity contribution in [1.29, 1.82) is 0 Å². The van der Waals surface area contributed by atoms with Crippen LogP contribution in [0.4, 0.5) is 0 Å². The number of thiophene rings is 1.